The molecule has 0 aliphatic heterocycles. The highest BCUT2D eigenvalue weighted by molar-refractivity contribution is 5.91. The van der Waals surface area contributed by atoms with E-state index in [9.17, 15) is 4.79 Å². The average Bonchev–Trinajstić information content (AvgIpc) is 2.46. The highest BCUT2D eigenvalue weighted by atomic mass is 16.5. The maximum atomic E-state index is 11.5. The number of carbonyl (C=O) groups excluding carboxylic acids is 1. The molecule has 20 heavy (non-hydrogen) atoms. The second-order valence-electron chi connectivity index (χ2n) is 3.74. The molecule has 6 heteroatoms. The molecule has 0 spiro atoms. The Morgan fingerprint density at radius 2 is 1.70 bits per heavy atom. The van der Waals surface area contributed by atoms with Crippen molar-refractivity contribution < 1.29 is 23.7 Å². The Morgan fingerprint density at radius 3 is 2.10 bits per heavy atom. The molecule has 0 bridgehead atoms. The van der Waals surface area contributed by atoms with E-state index in [1.165, 1.54) is 21.3 Å². The molecule has 0 fully saturated rings. The molecule has 0 radical (unpaired) electrons. The van der Waals surface area contributed by atoms with E-state index < -0.39 is 5.97 Å². The van der Waals surface area contributed by atoms with Crippen LogP contribution in [0.15, 0.2) is 24.4 Å². The topological polar surface area (TPSA) is 66.0 Å². The summed E-state index contributed by atoms with van der Waals surface area (Å²) in [5.41, 5.74) is 0.707. The lowest BCUT2D eigenvalue weighted by atomic mass is 10.2. The standard InChI is InChI=1S/C14H19NO5/c1-6-20-14(16)9(2)15-10-7-11(17-3)13(19-5)12(8-10)18-4/h7-8,15H,2,6H2,1,3-5H3. The van der Waals surface area contributed by atoms with E-state index in [0.29, 0.717) is 22.9 Å². The highest BCUT2D eigenvalue weighted by Crippen LogP contribution is 2.40. The summed E-state index contributed by atoms with van der Waals surface area (Å²) in [6, 6.07) is 3.34. The predicted molar refractivity (Wildman–Crippen MR) is 75.5 cm³/mol. The van der Waals surface area contributed by atoms with Crippen LogP contribution in [0, 0.1) is 0 Å². The van der Waals surface area contributed by atoms with E-state index in [-0.39, 0.29) is 12.3 Å². The Kier molecular flexibility index (Phi) is 5.71. The number of benzene rings is 1. The Labute approximate surface area is 118 Å². The smallest absolute Gasteiger partial charge is 0.354 e. The van der Waals surface area contributed by atoms with Crippen molar-refractivity contribution in [1.29, 1.82) is 0 Å². The Morgan fingerprint density at radius 1 is 1.15 bits per heavy atom. The first-order valence-corrected chi connectivity index (χ1v) is 6.00. The molecule has 0 unspecified atom stereocenters. The first kappa shape index (κ1) is 15.7. The maximum Gasteiger partial charge on any atom is 0.354 e. The van der Waals surface area contributed by atoms with Gasteiger partial charge < -0.3 is 24.3 Å². The SMILES string of the molecule is C=C(Nc1cc(OC)c(OC)c(OC)c1)C(=O)OCC. The monoisotopic (exact) mass is 281 g/mol. The summed E-state index contributed by atoms with van der Waals surface area (Å²) in [5, 5.41) is 2.84. The summed E-state index contributed by atoms with van der Waals surface area (Å²) < 4.78 is 20.5. The van der Waals surface area contributed by atoms with Gasteiger partial charge in [-0.2, -0.15) is 0 Å². The first-order chi connectivity index (χ1) is 9.57. The van der Waals surface area contributed by atoms with Crippen LogP contribution >= 0.6 is 0 Å². The first-order valence-electron chi connectivity index (χ1n) is 6.00. The van der Waals surface area contributed by atoms with Gasteiger partial charge in [-0.05, 0) is 6.92 Å². The van der Waals surface area contributed by atoms with Gasteiger partial charge in [0.15, 0.2) is 11.5 Å². The average molecular weight is 281 g/mol. The predicted octanol–water partition coefficient (Wildman–Crippen LogP) is 2.20. The fourth-order valence-electron chi connectivity index (χ4n) is 1.60. The summed E-state index contributed by atoms with van der Waals surface area (Å²) >= 11 is 0. The van der Waals surface area contributed by atoms with Gasteiger partial charge in [-0.25, -0.2) is 4.79 Å². The molecule has 1 aromatic rings. The van der Waals surface area contributed by atoms with Gasteiger partial charge in [-0.3, -0.25) is 0 Å². The zero-order chi connectivity index (χ0) is 15.1. The van der Waals surface area contributed by atoms with Crippen LogP contribution in [0.25, 0.3) is 0 Å². The van der Waals surface area contributed by atoms with Crippen molar-refractivity contribution in [3.8, 4) is 17.2 Å². The Hall–Kier alpha value is -2.37. The van der Waals surface area contributed by atoms with Crippen molar-refractivity contribution >= 4 is 11.7 Å². The van der Waals surface area contributed by atoms with Crippen LogP contribution in [0.2, 0.25) is 0 Å². The number of anilines is 1. The van der Waals surface area contributed by atoms with Crippen molar-refractivity contribution in [2.24, 2.45) is 0 Å². The van der Waals surface area contributed by atoms with Crippen LogP contribution in [0.4, 0.5) is 5.69 Å². The number of hydrogen-bond donors (Lipinski definition) is 1. The van der Waals surface area contributed by atoms with Gasteiger partial charge >= 0.3 is 5.97 Å². The van der Waals surface area contributed by atoms with Crippen molar-refractivity contribution in [3.05, 3.63) is 24.4 Å². The molecule has 0 atom stereocenters. The van der Waals surface area contributed by atoms with Crippen molar-refractivity contribution in [1.82, 2.24) is 0 Å². The minimum atomic E-state index is -0.513. The van der Waals surface area contributed by atoms with E-state index in [1.54, 1.807) is 19.1 Å². The minimum Gasteiger partial charge on any atom is -0.493 e. The molecule has 0 aliphatic carbocycles. The molecule has 0 saturated carbocycles. The second-order valence-corrected chi connectivity index (χ2v) is 3.74. The fraction of sp³-hybridized carbons (Fsp3) is 0.357. The van der Waals surface area contributed by atoms with E-state index in [1.807, 2.05) is 0 Å². The van der Waals surface area contributed by atoms with E-state index in [4.69, 9.17) is 18.9 Å². The third-order valence-electron chi connectivity index (χ3n) is 2.48. The number of esters is 1. The van der Waals surface area contributed by atoms with Crippen LogP contribution < -0.4 is 19.5 Å². The van der Waals surface area contributed by atoms with E-state index in [0.717, 1.165) is 0 Å². The molecular weight excluding hydrogens is 262 g/mol. The molecule has 6 nitrogen and oxygen atoms in total. The lowest BCUT2D eigenvalue weighted by molar-refractivity contribution is -0.138. The van der Waals surface area contributed by atoms with Crippen molar-refractivity contribution in [2.75, 3.05) is 33.3 Å². The molecule has 1 N–H and O–H groups in total. The van der Waals surface area contributed by atoms with Gasteiger partial charge in [0.2, 0.25) is 5.75 Å². The minimum absolute atomic E-state index is 0.126. The number of rotatable bonds is 7. The van der Waals surface area contributed by atoms with Gasteiger partial charge in [0.05, 0.1) is 27.9 Å². The summed E-state index contributed by atoms with van der Waals surface area (Å²) in [5.74, 6) is 0.917. The second kappa shape index (κ2) is 7.28. The molecule has 110 valence electrons. The maximum absolute atomic E-state index is 11.5. The molecule has 0 heterocycles. The molecule has 1 aromatic carbocycles. The zero-order valence-corrected chi connectivity index (χ0v) is 12.1. The molecule has 1 rings (SSSR count). The van der Waals surface area contributed by atoms with Crippen LogP contribution in [0.5, 0.6) is 17.2 Å². The van der Waals surface area contributed by atoms with Gasteiger partial charge in [-0.1, -0.05) is 6.58 Å². The van der Waals surface area contributed by atoms with Gasteiger partial charge in [0.1, 0.15) is 5.70 Å². The summed E-state index contributed by atoms with van der Waals surface area (Å²) in [6.45, 7) is 5.64. The van der Waals surface area contributed by atoms with Gasteiger partial charge in [0, 0.05) is 17.8 Å². The van der Waals surface area contributed by atoms with Crippen LogP contribution in [-0.2, 0) is 9.53 Å². The molecule has 0 aromatic heterocycles. The fourth-order valence-corrected chi connectivity index (χ4v) is 1.60. The Balaban J connectivity index is 3.02. The van der Waals surface area contributed by atoms with Crippen LogP contribution in [0.3, 0.4) is 0 Å². The van der Waals surface area contributed by atoms with Gasteiger partial charge in [0.25, 0.3) is 0 Å². The summed E-state index contributed by atoms with van der Waals surface area (Å²) in [6.07, 6.45) is 0. The molecule has 0 amide bonds. The van der Waals surface area contributed by atoms with Crippen molar-refractivity contribution in [3.63, 3.8) is 0 Å². The van der Waals surface area contributed by atoms with Crippen LogP contribution in [-0.4, -0.2) is 33.9 Å². The number of ether oxygens (including phenoxy) is 4. The van der Waals surface area contributed by atoms with Crippen molar-refractivity contribution in [2.45, 2.75) is 6.92 Å². The molecule has 0 saturated heterocycles. The normalized spacial score (nSPS) is 9.60. The van der Waals surface area contributed by atoms with E-state index >= 15 is 0 Å². The Bertz CT molecular complexity index is 473. The summed E-state index contributed by atoms with van der Waals surface area (Å²) in [7, 11) is 4.55. The quantitative estimate of drug-likeness (QED) is 0.610. The molecular formula is C14H19NO5. The number of nitrogens with one attached hydrogen (secondary N) is 1. The zero-order valence-electron chi connectivity index (χ0n) is 12.1. The van der Waals surface area contributed by atoms with Gasteiger partial charge in [-0.15, -0.1) is 0 Å². The molecule has 0 aliphatic rings. The number of methoxy groups -OCH3 is 3. The summed E-state index contributed by atoms with van der Waals surface area (Å²) in [4.78, 5) is 11.5. The third kappa shape index (κ3) is 3.57. The van der Waals surface area contributed by atoms with Crippen LogP contribution in [0.1, 0.15) is 6.92 Å². The highest BCUT2D eigenvalue weighted by Gasteiger charge is 2.15. The number of carbonyl (C=O) groups is 1. The number of hydrogen-bond acceptors (Lipinski definition) is 6. The lowest BCUT2D eigenvalue weighted by Gasteiger charge is -2.15. The third-order valence-corrected chi connectivity index (χ3v) is 2.48. The van der Waals surface area contributed by atoms with E-state index in [2.05, 4.69) is 11.9 Å². The largest absolute Gasteiger partial charge is 0.493 e. The lowest BCUT2D eigenvalue weighted by Crippen LogP contribution is -2.13.